The minimum absolute atomic E-state index is 0.0587. The molecule has 4 nitrogen and oxygen atoms in total. The van der Waals surface area contributed by atoms with E-state index in [1.165, 1.54) is 263 Å². The maximum absolute atomic E-state index is 12.5. The van der Waals surface area contributed by atoms with Gasteiger partial charge in [-0.3, -0.25) is 4.79 Å². The van der Waals surface area contributed by atoms with Crippen LogP contribution in [0.25, 0.3) is 0 Å². The molecule has 73 heavy (non-hydrogen) atoms. The summed E-state index contributed by atoms with van der Waals surface area (Å²) in [5.74, 6) is -0.0587. The topological polar surface area (TPSA) is 69.6 Å². The van der Waals surface area contributed by atoms with Gasteiger partial charge in [-0.05, 0) is 64.2 Å². The van der Waals surface area contributed by atoms with E-state index in [0.29, 0.717) is 6.42 Å². The Balaban J connectivity index is 3.45. The molecule has 0 aromatic carbocycles. The van der Waals surface area contributed by atoms with Crippen molar-refractivity contribution >= 4 is 5.91 Å². The molecule has 0 aliphatic carbocycles. The zero-order valence-corrected chi connectivity index (χ0v) is 49.2. The molecule has 0 fully saturated rings. The third-order valence-corrected chi connectivity index (χ3v) is 14.9. The first-order valence-corrected chi connectivity index (χ1v) is 32.7. The van der Waals surface area contributed by atoms with Gasteiger partial charge in [-0.25, -0.2) is 0 Å². The minimum Gasteiger partial charge on any atom is -0.394 e. The molecule has 3 N–H and O–H groups in total. The lowest BCUT2D eigenvalue weighted by Gasteiger charge is -2.20. The second-order valence-electron chi connectivity index (χ2n) is 22.2. The zero-order valence-electron chi connectivity index (χ0n) is 49.2. The molecule has 0 aliphatic heterocycles. The van der Waals surface area contributed by atoms with Crippen molar-refractivity contribution in [2.75, 3.05) is 6.61 Å². The fourth-order valence-electron chi connectivity index (χ4n) is 10.0. The fourth-order valence-corrected chi connectivity index (χ4v) is 10.0. The summed E-state index contributed by atoms with van der Waals surface area (Å²) in [6, 6.07) is -0.624. The molecule has 0 aliphatic rings. The fraction of sp³-hybridized carbons (Fsp3) is 0.812. The van der Waals surface area contributed by atoms with Crippen LogP contribution >= 0.6 is 0 Å². The van der Waals surface area contributed by atoms with Gasteiger partial charge in [0.1, 0.15) is 0 Å². The summed E-state index contributed by atoms with van der Waals surface area (Å²) in [6.07, 6.45) is 92.5. The van der Waals surface area contributed by atoms with E-state index in [2.05, 4.69) is 79.9 Å². The highest BCUT2D eigenvalue weighted by atomic mass is 16.3. The molecule has 2 unspecified atom stereocenters. The van der Waals surface area contributed by atoms with Crippen LogP contribution in [0.1, 0.15) is 341 Å². The lowest BCUT2D eigenvalue weighted by Crippen LogP contribution is -2.45. The third-order valence-electron chi connectivity index (χ3n) is 14.9. The molecule has 0 aromatic rings. The van der Waals surface area contributed by atoms with Gasteiger partial charge < -0.3 is 15.5 Å². The van der Waals surface area contributed by atoms with Crippen LogP contribution in [0.15, 0.2) is 72.9 Å². The first-order chi connectivity index (χ1) is 36.2. The first-order valence-electron chi connectivity index (χ1n) is 32.7. The quantitative estimate of drug-likeness (QED) is 0.0420. The molecule has 1 amide bonds. The van der Waals surface area contributed by atoms with Crippen LogP contribution in [0.4, 0.5) is 0 Å². The number of hydrogen-bond donors (Lipinski definition) is 3. The highest BCUT2D eigenvalue weighted by molar-refractivity contribution is 5.76. The normalized spacial score (nSPS) is 13.2. The van der Waals surface area contributed by atoms with Crippen LogP contribution < -0.4 is 5.32 Å². The number of rotatable bonds is 60. The van der Waals surface area contributed by atoms with Crippen molar-refractivity contribution < 1.29 is 15.0 Å². The standard InChI is InChI=1S/C69H127NO3/c1-3-5-7-9-11-13-15-17-19-21-23-25-27-29-30-31-32-33-34-35-36-37-38-39-40-41-43-45-47-49-51-53-55-57-59-61-63-65-69(73)70-67(66-71)68(72)64-62-60-58-56-54-52-50-48-46-44-42-28-26-24-22-20-18-16-14-12-10-8-6-4-2/h5,7,11,13,17,19,23,25,29-30,62,64,67-68,71-72H,3-4,6,8-10,12,14-16,18,20-22,24,26-28,31-61,63,65-66H2,1-2H3,(H,70,73)/b7-5-,13-11-,19-17-,25-23-,30-29-,64-62+. The Morgan fingerprint density at radius 2 is 0.603 bits per heavy atom. The zero-order chi connectivity index (χ0) is 52.7. The minimum atomic E-state index is -0.841. The molecule has 0 heterocycles. The SMILES string of the molecule is CC/C=C\C/C=C\C/C=C\C/C=C\C/C=C\CCCCCCCCCCCCCCCCCCCCCCCC(=O)NC(CO)C(O)/C=C/CCCCCCCCCCCCCCCCCCCCCCCC. The lowest BCUT2D eigenvalue weighted by atomic mass is 10.0. The number of allylic oxidation sites excluding steroid dienone is 11. The van der Waals surface area contributed by atoms with Crippen LogP contribution in [-0.4, -0.2) is 34.9 Å². The van der Waals surface area contributed by atoms with Gasteiger partial charge in [-0.15, -0.1) is 0 Å². The highest BCUT2D eigenvalue weighted by Crippen LogP contribution is 2.18. The predicted molar refractivity (Wildman–Crippen MR) is 327 cm³/mol. The highest BCUT2D eigenvalue weighted by Gasteiger charge is 2.18. The molecule has 4 heteroatoms. The number of carbonyl (C=O) groups is 1. The van der Waals surface area contributed by atoms with E-state index in [1.807, 2.05) is 6.08 Å². The number of aliphatic hydroxyl groups is 2. The summed E-state index contributed by atoms with van der Waals surface area (Å²) >= 11 is 0. The number of amides is 1. The van der Waals surface area contributed by atoms with E-state index in [-0.39, 0.29) is 12.5 Å². The van der Waals surface area contributed by atoms with E-state index in [0.717, 1.165) is 57.8 Å². The summed E-state index contributed by atoms with van der Waals surface area (Å²) in [4.78, 5) is 12.5. The van der Waals surface area contributed by atoms with Crippen molar-refractivity contribution in [2.45, 2.75) is 353 Å². The van der Waals surface area contributed by atoms with Crippen molar-refractivity contribution in [3.63, 3.8) is 0 Å². The van der Waals surface area contributed by atoms with E-state index in [9.17, 15) is 15.0 Å². The molecule has 2 atom stereocenters. The maximum atomic E-state index is 12.5. The van der Waals surface area contributed by atoms with Crippen molar-refractivity contribution in [3.05, 3.63) is 72.9 Å². The van der Waals surface area contributed by atoms with Gasteiger partial charge in [0.25, 0.3) is 0 Å². The van der Waals surface area contributed by atoms with Gasteiger partial charge >= 0.3 is 0 Å². The van der Waals surface area contributed by atoms with Gasteiger partial charge in [0.2, 0.25) is 5.91 Å². The molecule has 0 saturated heterocycles. The summed E-state index contributed by atoms with van der Waals surface area (Å²) in [5.41, 5.74) is 0. The van der Waals surface area contributed by atoms with Crippen LogP contribution in [-0.2, 0) is 4.79 Å². The Morgan fingerprint density at radius 1 is 0.342 bits per heavy atom. The number of nitrogens with one attached hydrogen (secondary N) is 1. The number of aliphatic hydroxyl groups excluding tert-OH is 2. The van der Waals surface area contributed by atoms with E-state index >= 15 is 0 Å². The Kier molecular flexibility index (Phi) is 62.2. The molecular formula is C69H127NO3. The van der Waals surface area contributed by atoms with Gasteiger partial charge in [0, 0.05) is 6.42 Å². The second-order valence-corrected chi connectivity index (χ2v) is 22.2. The monoisotopic (exact) mass is 1020 g/mol. The molecule has 0 radical (unpaired) electrons. The molecule has 0 aromatic heterocycles. The second kappa shape index (κ2) is 64.1. The van der Waals surface area contributed by atoms with Crippen LogP contribution in [0.2, 0.25) is 0 Å². The Bertz CT molecular complexity index is 1250. The number of unbranched alkanes of at least 4 members (excludes halogenated alkanes) is 43. The van der Waals surface area contributed by atoms with Crippen molar-refractivity contribution in [1.29, 1.82) is 0 Å². The number of carbonyl (C=O) groups excluding carboxylic acids is 1. The maximum Gasteiger partial charge on any atom is 0.220 e. The third kappa shape index (κ3) is 60.6. The summed E-state index contributed by atoms with van der Waals surface area (Å²) in [6.45, 7) is 4.23. The molecule has 0 rings (SSSR count). The summed E-state index contributed by atoms with van der Waals surface area (Å²) in [7, 11) is 0. The molecule has 0 saturated carbocycles. The molecule has 0 bridgehead atoms. The lowest BCUT2D eigenvalue weighted by molar-refractivity contribution is -0.123. The van der Waals surface area contributed by atoms with Gasteiger partial charge in [0.15, 0.2) is 0 Å². The van der Waals surface area contributed by atoms with E-state index in [4.69, 9.17) is 0 Å². The van der Waals surface area contributed by atoms with E-state index in [1.54, 1.807) is 6.08 Å². The number of hydrogen-bond acceptors (Lipinski definition) is 3. The van der Waals surface area contributed by atoms with Crippen LogP contribution in [0, 0.1) is 0 Å². The van der Waals surface area contributed by atoms with Crippen molar-refractivity contribution in [1.82, 2.24) is 5.32 Å². The van der Waals surface area contributed by atoms with Gasteiger partial charge in [-0.2, -0.15) is 0 Å². The largest absolute Gasteiger partial charge is 0.394 e. The average molecular weight is 1020 g/mol. The summed E-state index contributed by atoms with van der Waals surface area (Å²) in [5, 5.41) is 23.3. The summed E-state index contributed by atoms with van der Waals surface area (Å²) < 4.78 is 0. The van der Waals surface area contributed by atoms with E-state index < -0.39 is 12.1 Å². The smallest absolute Gasteiger partial charge is 0.220 e. The Hall–Kier alpha value is -2.17. The molecule has 0 spiro atoms. The predicted octanol–water partition coefficient (Wildman–Crippen LogP) is 22.1. The van der Waals surface area contributed by atoms with Gasteiger partial charge in [-0.1, -0.05) is 344 Å². The van der Waals surface area contributed by atoms with Crippen molar-refractivity contribution in [2.24, 2.45) is 0 Å². The Labute approximate surface area is 457 Å². The van der Waals surface area contributed by atoms with Crippen LogP contribution in [0.3, 0.4) is 0 Å². The first kappa shape index (κ1) is 70.8. The average Bonchev–Trinajstić information content (AvgIpc) is 3.40. The molecule has 426 valence electrons. The molecular weight excluding hydrogens is 891 g/mol. The Morgan fingerprint density at radius 3 is 0.904 bits per heavy atom. The van der Waals surface area contributed by atoms with Crippen LogP contribution in [0.5, 0.6) is 0 Å². The van der Waals surface area contributed by atoms with Gasteiger partial charge in [0.05, 0.1) is 18.8 Å². The van der Waals surface area contributed by atoms with Crippen molar-refractivity contribution in [3.8, 4) is 0 Å².